The Morgan fingerprint density at radius 2 is 2.50 bits per heavy atom. The van der Waals surface area contributed by atoms with Crippen LogP contribution in [0.15, 0.2) is 5.22 Å². The molecule has 0 saturated heterocycles. The Hall–Kier alpha value is -0.710. The highest BCUT2D eigenvalue weighted by atomic mass is 32.1. The first-order valence-electron chi connectivity index (χ1n) is 1.22. The predicted molar refractivity (Wildman–Crippen MR) is 25.1 cm³/mol. The number of hydrazine groups is 1. The van der Waals surface area contributed by atoms with Crippen molar-refractivity contribution in [3.05, 3.63) is 0 Å². The third-order valence-corrected chi connectivity index (χ3v) is 0.297. The van der Waals surface area contributed by atoms with E-state index in [4.69, 9.17) is 5.53 Å². The quantitative estimate of drug-likeness (QED) is 0.204. The molecule has 0 aliphatic rings. The number of hydrogen-bond donors (Lipinski definition) is 3. The molecule has 0 aromatic heterocycles. The number of hydrogen-bond acceptors (Lipinski definition) is 3. The molecule has 3 N–H and O–H groups in total. The molecule has 0 aromatic rings. The molecule has 34 valence electrons. The molecule has 0 rings (SSSR count). The number of nitrogens with zero attached hydrogens (tertiary/aromatic N) is 1. The van der Waals surface area contributed by atoms with Crippen LogP contribution in [0, 0.1) is 5.53 Å². The number of nitrogens with one attached hydrogen (secondary N) is 3. The minimum atomic E-state index is 1.22. The Kier molecular flexibility index (Phi) is 3.78. The molecule has 4 nitrogen and oxygen atoms in total. The van der Waals surface area contributed by atoms with Crippen molar-refractivity contribution in [2.45, 2.75) is 0 Å². The molecule has 5 heteroatoms. The fraction of sp³-hybridized carbons (Fsp3) is 0. The fourth-order valence-corrected chi connectivity index (χ4v) is 0.111. The maximum atomic E-state index is 6.09. The lowest BCUT2D eigenvalue weighted by molar-refractivity contribution is 0.648. The van der Waals surface area contributed by atoms with Crippen LogP contribution in [0.25, 0.3) is 0 Å². The van der Waals surface area contributed by atoms with Crippen LogP contribution in [0.1, 0.15) is 0 Å². The monoisotopic (exact) mass is 104 g/mol. The molecule has 0 unspecified atom stereocenters. The second-order valence-electron chi connectivity index (χ2n) is 0.486. The number of rotatable bonds is 3. The van der Waals surface area contributed by atoms with Crippen LogP contribution in [0.3, 0.4) is 0 Å². The molecule has 0 aliphatic carbocycles. The van der Waals surface area contributed by atoms with Gasteiger partial charge in [0.05, 0.1) is 5.49 Å². The second-order valence-corrected chi connectivity index (χ2v) is 0.721. The van der Waals surface area contributed by atoms with Crippen molar-refractivity contribution in [2.75, 3.05) is 0 Å². The molecular weight excluding hydrogens is 100 g/mol. The highest BCUT2D eigenvalue weighted by molar-refractivity contribution is 7.78. The van der Waals surface area contributed by atoms with E-state index in [2.05, 4.69) is 28.4 Å². The van der Waals surface area contributed by atoms with Crippen molar-refractivity contribution in [1.82, 2.24) is 11.0 Å². The van der Waals surface area contributed by atoms with Crippen molar-refractivity contribution in [3.8, 4) is 0 Å². The zero-order valence-corrected chi connectivity index (χ0v) is 3.75. The van der Waals surface area contributed by atoms with Crippen molar-refractivity contribution in [3.63, 3.8) is 0 Å². The zero-order chi connectivity index (χ0) is 4.83. The lowest BCUT2D eigenvalue weighted by Crippen LogP contribution is -2.22. The van der Waals surface area contributed by atoms with Gasteiger partial charge in [0.25, 0.3) is 0 Å². The Morgan fingerprint density at radius 1 is 1.83 bits per heavy atom. The Morgan fingerprint density at radius 3 is 2.67 bits per heavy atom. The molecule has 0 bridgehead atoms. The van der Waals surface area contributed by atoms with Crippen molar-refractivity contribution in [1.29, 1.82) is 5.53 Å². The molecule has 0 spiro atoms. The topological polar surface area (TPSA) is 60.3 Å². The van der Waals surface area contributed by atoms with Gasteiger partial charge in [0.15, 0.2) is 0 Å². The van der Waals surface area contributed by atoms with E-state index in [1.165, 1.54) is 5.49 Å². The second kappa shape index (κ2) is 4.29. The molecule has 6 heavy (non-hydrogen) atoms. The lowest BCUT2D eigenvalue weighted by Gasteiger charge is -1.87. The summed E-state index contributed by atoms with van der Waals surface area (Å²) in [7, 11) is 0. The van der Waals surface area contributed by atoms with E-state index in [-0.39, 0.29) is 0 Å². The van der Waals surface area contributed by atoms with Crippen LogP contribution in [0.2, 0.25) is 0 Å². The van der Waals surface area contributed by atoms with Crippen LogP contribution in [0.5, 0.6) is 0 Å². The van der Waals surface area contributed by atoms with Gasteiger partial charge in [-0.2, -0.15) is 5.53 Å². The molecule has 0 aromatic carbocycles. The molecule has 0 fully saturated rings. The first-order valence-corrected chi connectivity index (χ1v) is 1.69. The van der Waals surface area contributed by atoms with E-state index in [0.29, 0.717) is 0 Å². The van der Waals surface area contributed by atoms with Gasteiger partial charge in [-0.05, 0) is 0 Å². The van der Waals surface area contributed by atoms with Crippen LogP contribution < -0.4 is 11.0 Å². The van der Waals surface area contributed by atoms with Gasteiger partial charge in [-0.3, -0.25) is 5.43 Å². The van der Waals surface area contributed by atoms with Crippen LogP contribution in [0.4, 0.5) is 0 Å². The van der Waals surface area contributed by atoms with Crippen molar-refractivity contribution in [2.24, 2.45) is 5.22 Å². The normalized spacial score (nSPS) is 6.00. The molecular formula is CH4N4S. The molecule has 0 saturated carbocycles. The molecule has 0 atom stereocenters. The van der Waals surface area contributed by atoms with Gasteiger partial charge in [-0.1, -0.05) is 17.4 Å². The molecule has 0 aliphatic heterocycles. The lowest BCUT2D eigenvalue weighted by atomic mass is 11.5. The van der Waals surface area contributed by atoms with Gasteiger partial charge in [0.1, 0.15) is 0 Å². The average molecular weight is 104 g/mol. The number of thiocarbonyl (C=S) groups is 1. The third-order valence-electron chi connectivity index (χ3n) is 0.179. The summed E-state index contributed by atoms with van der Waals surface area (Å²) >= 11 is 4.28. The maximum Gasteiger partial charge on any atom is 0.0824 e. The van der Waals surface area contributed by atoms with E-state index >= 15 is 0 Å². The SMILES string of the molecule is N=NNNC=S. The van der Waals surface area contributed by atoms with E-state index in [1.54, 1.807) is 0 Å². The third kappa shape index (κ3) is 3.29. The fourth-order valence-electron chi connectivity index (χ4n) is 0.0586. The first-order chi connectivity index (χ1) is 2.91. The summed E-state index contributed by atoms with van der Waals surface area (Å²) in [6.45, 7) is 0. The summed E-state index contributed by atoms with van der Waals surface area (Å²) in [6, 6.07) is 0. The average Bonchev–Trinajstić information content (AvgIpc) is 1.61. The van der Waals surface area contributed by atoms with E-state index in [1.807, 2.05) is 0 Å². The summed E-state index contributed by atoms with van der Waals surface area (Å²) in [5.74, 6) is 0. The maximum absolute atomic E-state index is 6.09. The van der Waals surface area contributed by atoms with Crippen molar-refractivity contribution >= 4 is 17.7 Å². The summed E-state index contributed by atoms with van der Waals surface area (Å²) in [4.78, 5) is 0. The van der Waals surface area contributed by atoms with Crippen molar-refractivity contribution < 1.29 is 0 Å². The Balaban J connectivity index is 2.66. The molecule has 0 amide bonds. The van der Waals surface area contributed by atoms with Gasteiger partial charge in [-0.15, -0.1) is 0 Å². The molecule has 0 heterocycles. The highest BCUT2D eigenvalue weighted by Gasteiger charge is 1.56. The minimum absolute atomic E-state index is 1.22. The summed E-state index contributed by atoms with van der Waals surface area (Å²) < 4.78 is 0. The summed E-state index contributed by atoms with van der Waals surface area (Å²) in [5, 5.41) is 2.72. The predicted octanol–water partition coefficient (Wildman–Crippen LogP) is -0.0162. The first kappa shape index (κ1) is 5.29. The van der Waals surface area contributed by atoms with E-state index in [0.717, 1.165) is 0 Å². The summed E-state index contributed by atoms with van der Waals surface area (Å²) in [6.07, 6.45) is 0. The Bertz CT molecular complexity index is 43.5. The van der Waals surface area contributed by atoms with Gasteiger partial charge in [-0.25, -0.2) is 5.53 Å². The largest absolute Gasteiger partial charge is 0.280 e. The minimum Gasteiger partial charge on any atom is -0.280 e. The van der Waals surface area contributed by atoms with Gasteiger partial charge < -0.3 is 0 Å². The van der Waals surface area contributed by atoms with Gasteiger partial charge in [0, 0.05) is 0 Å². The van der Waals surface area contributed by atoms with Gasteiger partial charge in [0.2, 0.25) is 0 Å². The standard InChI is InChI=1S/CH4N4S/c2-4-5-3-1-6/h1H,(H2,2,5)(H,3,4,6). The van der Waals surface area contributed by atoms with Crippen LogP contribution >= 0.6 is 12.2 Å². The van der Waals surface area contributed by atoms with E-state index in [9.17, 15) is 0 Å². The van der Waals surface area contributed by atoms with Gasteiger partial charge >= 0.3 is 0 Å². The highest BCUT2D eigenvalue weighted by Crippen LogP contribution is 1.40. The van der Waals surface area contributed by atoms with E-state index < -0.39 is 0 Å². The zero-order valence-electron chi connectivity index (χ0n) is 2.93. The Labute approximate surface area is 40.4 Å². The van der Waals surface area contributed by atoms with Crippen LogP contribution in [-0.4, -0.2) is 5.49 Å². The smallest absolute Gasteiger partial charge is 0.0824 e. The molecule has 0 radical (unpaired) electrons. The summed E-state index contributed by atoms with van der Waals surface area (Å²) in [5.41, 5.74) is 11.7. The van der Waals surface area contributed by atoms with Crippen LogP contribution in [-0.2, 0) is 0 Å².